The van der Waals surface area contributed by atoms with Crippen LogP contribution in [0.25, 0.3) is 0 Å². The molecule has 0 fully saturated rings. The smallest absolute Gasteiger partial charge is 0.125 e. The number of aliphatic hydroxyl groups excluding tert-OH is 1. The molecule has 0 saturated carbocycles. The summed E-state index contributed by atoms with van der Waals surface area (Å²) in [5, 5.41) is 9.55. The Bertz CT molecular complexity index is 250. The predicted octanol–water partition coefficient (Wildman–Crippen LogP) is 1.62. The molecule has 0 aliphatic carbocycles. The van der Waals surface area contributed by atoms with Crippen molar-refractivity contribution >= 4 is 0 Å². The van der Waals surface area contributed by atoms with Crippen LogP contribution >= 0.6 is 0 Å². The van der Waals surface area contributed by atoms with Crippen LogP contribution < -0.4 is 0 Å². The molecule has 0 aliphatic rings. The average Bonchev–Trinajstić information content (AvgIpc) is 2.05. The lowest BCUT2D eigenvalue weighted by molar-refractivity contribution is 0.161. The molecule has 1 aromatic heterocycles. The Labute approximate surface area is 72.5 Å². The average molecular weight is 166 g/mol. The van der Waals surface area contributed by atoms with E-state index in [2.05, 4.69) is 9.97 Å². The molecular formula is C9H14N2O. The van der Waals surface area contributed by atoms with Crippen LogP contribution in [0.15, 0.2) is 12.3 Å². The van der Waals surface area contributed by atoms with E-state index in [1.54, 1.807) is 12.3 Å². The van der Waals surface area contributed by atoms with Crippen LogP contribution in [0, 0.1) is 6.92 Å². The molecule has 66 valence electrons. The Morgan fingerprint density at radius 3 is 2.92 bits per heavy atom. The summed E-state index contributed by atoms with van der Waals surface area (Å²) < 4.78 is 0. The number of aliphatic hydroxyl groups is 1. The molecule has 1 atom stereocenters. The fraction of sp³-hybridized carbons (Fsp3) is 0.556. The number of rotatable bonds is 3. The Morgan fingerprint density at radius 1 is 1.58 bits per heavy atom. The van der Waals surface area contributed by atoms with Gasteiger partial charge in [0.2, 0.25) is 0 Å². The molecule has 1 rings (SSSR count). The predicted molar refractivity (Wildman–Crippen MR) is 46.6 cm³/mol. The zero-order valence-electron chi connectivity index (χ0n) is 7.49. The van der Waals surface area contributed by atoms with Crippen LogP contribution in [0.1, 0.15) is 37.4 Å². The molecule has 0 spiro atoms. The third-order valence-electron chi connectivity index (χ3n) is 1.70. The van der Waals surface area contributed by atoms with Crippen LogP contribution in [-0.2, 0) is 0 Å². The maximum absolute atomic E-state index is 9.55. The Kier molecular flexibility index (Phi) is 3.17. The highest BCUT2D eigenvalue weighted by molar-refractivity contribution is 5.04. The van der Waals surface area contributed by atoms with E-state index >= 15 is 0 Å². The van der Waals surface area contributed by atoms with E-state index < -0.39 is 6.10 Å². The molecule has 0 radical (unpaired) electrons. The highest BCUT2D eigenvalue weighted by atomic mass is 16.3. The normalized spacial score (nSPS) is 12.9. The van der Waals surface area contributed by atoms with Gasteiger partial charge >= 0.3 is 0 Å². The molecule has 3 nitrogen and oxygen atoms in total. The number of nitrogens with zero attached hydrogens (tertiary/aromatic N) is 2. The summed E-state index contributed by atoms with van der Waals surface area (Å²) in [7, 11) is 0. The molecule has 1 heterocycles. The van der Waals surface area contributed by atoms with Crippen molar-refractivity contribution in [2.24, 2.45) is 0 Å². The van der Waals surface area contributed by atoms with Crippen LogP contribution in [0.5, 0.6) is 0 Å². The zero-order valence-corrected chi connectivity index (χ0v) is 7.49. The second kappa shape index (κ2) is 4.16. The Hall–Kier alpha value is -0.960. The largest absolute Gasteiger partial charge is 0.387 e. The molecule has 0 unspecified atom stereocenters. The van der Waals surface area contributed by atoms with E-state index in [1.165, 1.54) is 0 Å². The van der Waals surface area contributed by atoms with Crippen molar-refractivity contribution in [1.82, 2.24) is 9.97 Å². The van der Waals surface area contributed by atoms with Crippen LogP contribution in [0.2, 0.25) is 0 Å². The van der Waals surface area contributed by atoms with Gasteiger partial charge in [0.15, 0.2) is 0 Å². The van der Waals surface area contributed by atoms with Crippen molar-refractivity contribution < 1.29 is 5.11 Å². The van der Waals surface area contributed by atoms with Gasteiger partial charge in [-0.15, -0.1) is 0 Å². The molecule has 3 heteroatoms. The summed E-state index contributed by atoms with van der Waals surface area (Å²) in [6.45, 7) is 3.86. The minimum Gasteiger partial charge on any atom is -0.387 e. The quantitative estimate of drug-likeness (QED) is 0.742. The minimum atomic E-state index is -0.434. The molecule has 0 aliphatic heterocycles. The van der Waals surface area contributed by atoms with Gasteiger partial charge in [-0.25, -0.2) is 9.97 Å². The van der Waals surface area contributed by atoms with Gasteiger partial charge in [-0.05, 0) is 19.4 Å². The van der Waals surface area contributed by atoms with Gasteiger partial charge in [-0.2, -0.15) is 0 Å². The fourth-order valence-electron chi connectivity index (χ4n) is 1.08. The third-order valence-corrected chi connectivity index (χ3v) is 1.70. The minimum absolute atomic E-state index is 0.434. The van der Waals surface area contributed by atoms with Crippen molar-refractivity contribution in [3.05, 3.63) is 23.8 Å². The van der Waals surface area contributed by atoms with Gasteiger partial charge in [0, 0.05) is 6.20 Å². The summed E-state index contributed by atoms with van der Waals surface area (Å²) in [6.07, 6.45) is 2.97. The topological polar surface area (TPSA) is 46.0 Å². The van der Waals surface area contributed by atoms with Crippen molar-refractivity contribution in [2.45, 2.75) is 32.8 Å². The van der Waals surface area contributed by atoms with Crippen molar-refractivity contribution in [3.8, 4) is 0 Å². The van der Waals surface area contributed by atoms with Crippen LogP contribution in [-0.4, -0.2) is 15.1 Å². The van der Waals surface area contributed by atoms with Crippen LogP contribution in [0.4, 0.5) is 0 Å². The van der Waals surface area contributed by atoms with E-state index in [0.29, 0.717) is 5.82 Å². The lowest BCUT2D eigenvalue weighted by Gasteiger charge is -2.07. The van der Waals surface area contributed by atoms with Crippen LogP contribution in [0.3, 0.4) is 0 Å². The molecule has 1 N–H and O–H groups in total. The molecule has 0 saturated heterocycles. The van der Waals surface area contributed by atoms with E-state index in [1.807, 2.05) is 13.8 Å². The number of aromatic nitrogens is 2. The first-order valence-corrected chi connectivity index (χ1v) is 4.21. The highest BCUT2D eigenvalue weighted by Crippen LogP contribution is 2.14. The first-order chi connectivity index (χ1) is 5.74. The second-order valence-corrected chi connectivity index (χ2v) is 2.83. The summed E-state index contributed by atoms with van der Waals surface area (Å²) in [5.74, 6) is 0.711. The lowest BCUT2D eigenvalue weighted by Crippen LogP contribution is -2.01. The van der Waals surface area contributed by atoms with Gasteiger partial charge in [0.25, 0.3) is 0 Å². The molecule has 0 amide bonds. The summed E-state index contributed by atoms with van der Waals surface area (Å²) in [5.41, 5.74) is 0.726. The zero-order chi connectivity index (χ0) is 8.97. The number of hydrogen-bond donors (Lipinski definition) is 1. The van der Waals surface area contributed by atoms with E-state index in [0.717, 1.165) is 18.5 Å². The second-order valence-electron chi connectivity index (χ2n) is 2.83. The fourth-order valence-corrected chi connectivity index (χ4v) is 1.08. The van der Waals surface area contributed by atoms with Gasteiger partial charge in [-0.1, -0.05) is 13.3 Å². The summed E-state index contributed by atoms with van der Waals surface area (Å²) in [4.78, 5) is 8.09. The Balaban J connectivity index is 2.73. The van der Waals surface area contributed by atoms with Crippen molar-refractivity contribution in [1.29, 1.82) is 0 Å². The van der Waals surface area contributed by atoms with Gasteiger partial charge < -0.3 is 5.11 Å². The van der Waals surface area contributed by atoms with E-state index in [9.17, 15) is 5.11 Å². The van der Waals surface area contributed by atoms with Gasteiger partial charge in [0.1, 0.15) is 5.82 Å². The molecule has 0 bridgehead atoms. The summed E-state index contributed by atoms with van der Waals surface area (Å²) >= 11 is 0. The molecule has 1 aromatic rings. The standard InChI is InChI=1S/C9H14N2O/c1-3-4-9(12)8-5-6-10-7(2)11-8/h5-6,9,12H,3-4H2,1-2H3/t9-/m0/s1. The summed E-state index contributed by atoms with van der Waals surface area (Å²) in [6, 6.07) is 1.76. The van der Waals surface area contributed by atoms with Gasteiger partial charge in [0.05, 0.1) is 11.8 Å². The first kappa shape index (κ1) is 9.13. The van der Waals surface area contributed by atoms with E-state index in [-0.39, 0.29) is 0 Å². The van der Waals surface area contributed by atoms with E-state index in [4.69, 9.17) is 0 Å². The SMILES string of the molecule is CCC[C@H](O)c1ccnc(C)n1. The molecule has 12 heavy (non-hydrogen) atoms. The number of aryl methyl sites for hydroxylation is 1. The van der Waals surface area contributed by atoms with Crippen molar-refractivity contribution in [2.75, 3.05) is 0 Å². The Morgan fingerprint density at radius 2 is 2.33 bits per heavy atom. The third kappa shape index (κ3) is 2.27. The monoisotopic (exact) mass is 166 g/mol. The number of hydrogen-bond acceptors (Lipinski definition) is 3. The lowest BCUT2D eigenvalue weighted by atomic mass is 10.1. The van der Waals surface area contributed by atoms with Gasteiger partial charge in [-0.3, -0.25) is 0 Å². The molecule has 0 aromatic carbocycles. The van der Waals surface area contributed by atoms with Crippen molar-refractivity contribution in [3.63, 3.8) is 0 Å². The highest BCUT2D eigenvalue weighted by Gasteiger charge is 2.06. The maximum Gasteiger partial charge on any atom is 0.125 e. The molecular weight excluding hydrogens is 152 g/mol. The first-order valence-electron chi connectivity index (χ1n) is 4.21. The maximum atomic E-state index is 9.55.